The van der Waals surface area contributed by atoms with Gasteiger partial charge in [0.15, 0.2) is 0 Å². The summed E-state index contributed by atoms with van der Waals surface area (Å²) >= 11 is 0. The first-order chi connectivity index (χ1) is 13.8. The number of hydrogen-bond donors (Lipinski definition) is 0. The van der Waals surface area contributed by atoms with E-state index in [1.807, 2.05) is 19.1 Å². The van der Waals surface area contributed by atoms with E-state index in [-0.39, 0.29) is 0 Å². The van der Waals surface area contributed by atoms with Crippen molar-refractivity contribution in [2.45, 2.75) is 76.8 Å². The molecule has 1 aromatic carbocycles. The molecule has 0 amide bonds. The predicted molar refractivity (Wildman–Crippen MR) is 122 cm³/mol. The molecule has 0 unspecified atom stereocenters. The molecule has 1 aliphatic heterocycles. The molecule has 0 N–H and O–H groups in total. The molecule has 1 saturated heterocycles. The molecule has 1 aliphatic carbocycles. The van der Waals surface area contributed by atoms with E-state index in [9.17, 15) is 0 Å². The fourth-order valence-electron chi connectivity index (χ4n) is 5.34. The molecular formula is C25H40O2Si. The van der Waals surface area contributed by atoms with Crippen LogP contribution >= 0.6 is 0 Å². The topological polar surface area (TPSA) is 18.5 Å². The lowest BCUT2D eigenvalue weighted by atomic mass is 9.73. The highest BCUT2D eigenvalue weighted by Gasteiger charge is 2.31. The minimum absolute atomic E-state index is 0.709. The Morgan fingerprint density at radius 3 is 2.14 bits per heavy atom. The van der Waals surface area contributed by atoms with Crippen LogP contribution in [-0.4, -0.2) is 21.6 Å². The lowest BCUT2D eigenvalue weighted by Gasteiger charge is -2.37. The lowest BCUT2D eigenvalue weighted by molar-refractivity contribution is 0.184. The van der Waals surface area contributed by atoms with E-state index in [4.69, 9.17) is 9.47 Å². The van der Waals surface area contributed by atoms with Gasteiger partial charge < -0.3 is 9.47 Å². The zero-order valence-corrected chi connectivity index (χ0v) is 19.1. The maximum Gasteiger partial charge on any atom is 0.119 e. The molecule has 28 heavy (non-hydrogen) atoms. The molecule has 2 nitrogen and oxygen atoms in total. The third-order valence-electron chi connectivity index (χ3n) is 7.09. The standard InChI is InChI=1S/C25H40O2Si/c1-3-5-6-7-21-8-10-22(11-9-21)23-16-18-28(19-17-23)20-27-25-14-12-24(13-15-25)26-4-2/h3,12-15,21-23,28H,1,4-11,16-20H2,2H3/t21-,22-,23?,28?. The number of benzene rings is 1. The lowest BCUT2D eigenvalue weighted by Crippen LogP contribution is -2.32. The molecule has 0 aromatic heterocycles. The van der Waals surface area contributed by atoms with Crippen LogP contribution in [0.1, 0.15) is 64.7 Å². The normalized spacial score (nSPS) is 27.9. The van der Waals surface area contributed by atoms with Crippen molar-refractivity contribution < 1.29 is 9.47 Å². The van der Waals surface area contributed by atoms with Gasteiger partial charge in [-0.05, 0) is 74.6 Å². The second-order valence-corrected chi connectivity index (χ2v) is 12.2. The average molecular weight is 401 g/mol. The van der Waals surface area contributed by atoms with Crippen molar-refractivity contribution in [1.82, 2.24) is 0 Å². The van der Waals surface area contributed by atoms with Gasteiger partial charge in [0.2, 0.25) is 0 Å². The summed E-state index contributed by atoms with van der Waals surface area (Å²) in [7, 11) is -0.709. The third kappa shape index (κ3) is 6.68. The first-order valence-corrected chi connectivity index (χ1v) is 14.2. The van der Waals surface area contributed by atoms with Crippen LogP contribution in [0.3, 0.4) is 0 Å². The highest BCUT2D eigenvalue weighted by Crippen LogP contribution is 2.41. The number of ether oxygens (including phenoxy) is 2. The van der Waals surface area contributed by atoms with Gasteiger partial charge in [-0.3, -0.25) is 0 Å². The fourth-order valence-corrected chi connectivity index (χ4v) is 8.19. The summed E-state index contributed by atoms with van der Waals surface area (Å²) in [6.07, 6.45) is 16.0. The molecule has 156 valence electrons. The summed E-state index contributed by atoms with van der Waals surface area (Å²) in [6.45, 7) is 6.58. The van der Waals surface area contributed by atoms with Gasteiger partial charge in [0.25, 0.3) is 0 Å². The SMILES string of the molecule is C=CCCC[C@H]1CC[C@H](C2CC[SiH](COc3ccc(OCC)cc3)CC2)CC1. The fraction of sp³-hybridized carbons (Fsp3) is 0.680. The highest BCUT2D eigenvalue weighted by molar-refractivity contribution is 6.58. The van der Waals surface area contributed by atoms with Crippen LogP contribution in [0.4, 0.5) is 0 Å². The van der Waals surface area contributed by atoms with Crippen molar-refractivity contribution in [2.75, 3.05) is 12.8 Å². The third-order valence-corrected chi connectivity index (χ3v) is 10.0. The van der Waals surface area contributed by atoms with Crippen molar-refractivity contribution in [3.05, 3.63) is 36.9 Å². The van der Waals surface area contributed by atoms with Crippen LogP contribution in [0.15, 0.2) is 36.9 Å². The van der Waals surface area contributed by atoms with Gasteiger partial charge in [-0.15, -0.1) is 6.58 Å². The van der Waals surface area contributed by atoms with Crippen molar-refractivity contribution in [3.8, 4) is 11.5 Å². The van der Waals surface area contributed by atoms with Crippen LogP contribution in [0.2, 0.25) is 12.1 Å². The van der Waals surface area contributed by atoms with Crippen molar-refractivity contribution in [3.63, 3.8) is 0 Å². The van der Waals surface area contributed by atoms with Gasteiger partial charge in [0.05, 0.1) is 21.6 Å². The van der Waals surface area contributed by atoms with Crippen molar-refractivity contribution in [2.24, 2.45) is 17.8 Å². The van der Waals surface area contributed by atoms with E-state index >= 15 is 0 Å². The van der Waals surface area contributed by atoms with Gasteiger partial charge in [-0.1, -0.05) is 50.3 Å². The molecule has 0 bridgehead atoms. The molecule has 3 heteroatoms. The van der Waals surface area contributed by atoms with Gasteiger partial charge in [-0.25, -0.2) is 0 Å². The molecule has 1 heterocycles. The molecule has 3 rings (SSSR count). The Bertz CT molecular complexity index is 554. The van der Waals surface area contributed by atoms with E-state index in [0.29, 0.717) is 6.61 Å². The monoisotopic (exact) mass is 400 g/mol. The summed E-state index contributed by atoms with van der Waals surface area (Å²) in [5.74, 6) is 4.99. The van der Waals surface area contributed by atoms with Gasteiger partial charge >= 0.3 is 0 Å². The molecule has 2 fully saturated rings. The second-order valence-electron chi connectivity index (χ2n) is 9.00. The van der Waals surface area contributed by atoms with E-state index < -0.39 is 8.80 Å². The molecule has 2 aliphatic rings. The summed E-state index contributed by atoms with van der Waals surface area (Å²) in [4.78, 5) is 0. The van der Waals surface area contributed by atoms with Crippen LogP contribution < -0.4 is 9.47 Å². The molecule has 1 saturated carbocycles. The average Bonchev–Trinajstić information content (AvgIpc) is 2.75. The van der Waals surface area contributed by atoms with Gasteiger partial charge in [0, 0.05) is 0 Å². The first-order valence-electron chi connectivity index (χ1n) is 11.7. The number of unbranched alkanes of at least 4 members (excludes halogenated alkanes) is 1. The summed E-state index contributed by atoms with van der Waals surface area (Å²) in [6, 6.07) is 11.1. The summed E-state index contributed by atoms with van der Waals surface area (Å²) in [5, 5.41) is 0. The first kappa shape index (κ1) is 21.5. The van der Waals surface area contributed by atoms with E-state index in [2.05, 4.69) is 24.8 Å². The van der Waals surface area contributed by atoms with E-state index in [0.717, 1.165) is 35.5 Å². The number of allylic oxidation sites excluding steroid dienone is 1. The van der Waals surface area contributed by atoms with Crippen molar-refractivity contribution in [1.29, 1.82) is 0 Å². The Morgan fingerprint density at radius 1 is 0.929 bits per heavy atom. The maximum atomic E-state index is 6.12. The number of rotatable bonds is 10. The van der Waals surface area contributed by atoms with Crippen LogP contribution in [0, 0.1) is 17.8 Å². The van der Waals surface area contributed by atoms with Crippen LogP contribution in [-0.2, 0) is 0 Å². The largest absolute Gasteiger partial charge is 0.498 e. The molecule has 0 atom stereocenters. The molecule has 1 aromatic rings. The quantitative estimate of drug-likeness (QED) is 0.244. The zero-order chi connectivity index (χ0) is 19.6. The Hall–Kier alpha value is -1.22. The van der Waals surface area contributed by atoms with Crippen LogP contribution in [0.25, 0.3) is 0 Å². The smallest absolute Gasteiger partial charge is 0.119 e. The summed E-state index contributed by atoms with van der Waals surface area (Å²) < 4.78 is 11.6. The second kappa shape index (κ2) is 11.7. The van der Waals surface area contributed by atoms with Crippen LogP contribution in [0.5, 0.6) is 11.5 Å². The van der Waals surface area contributed by atoms with E-state index in [1.54, 1.807) is 0 Å². The molecule has 0 radical (unpaired) electrons. The Kier molecular flexibility index (Phi) is 8.98. The minimum Gasteiger partial charge on any atom is -0.498 e. The maximum absolute atomic E-state index is 6.12. The molecule has 0 spiro atoms. The Morgan fingerprint density at radius 2 is 1.54 bits per heavy atom. The minimum atomic E-state index is -0.709. The zero-order valence-electron chi connectivity index (χ0n) is 17.9. The predicted octanol–water partition coefficient (Wildman–Crippen LogP) is 6.80. The highest BCUT2D eigenvalue weighted by atomic mass is 28.3. The Labute approximate surface area is 174 Å². The van der Waals surface area contributed by atoms with Gasteiger partial charge in [-0.2, -0.15) is 0 Å². The summed E-state index contributed by atoms with van der Waals surface area (Å²) in [5.41, 5.74) is 0. The Balaban J connectivity index is 1.32. The van der Waals surface area contributed by atoms with Crippen molar-refractivity contribution >= 4 is 8.80 Å². The van der Waals surface area contributed by atoms with Gasteiger partial charge in [0.1, 0.15) is 11.5 Å². The van der Waals surface area contributed by atoms with E-state index in [1.165, 1.54) is 69.9 Å². The number of hydrogen-bond acceptors (Lipinski definition) is 2. The molecular weight excluding hydrogens is 360 g/mol.